The first-order chi connectivity index (χ1) is 17.3. The van der Waals surface area contributed by atoms with Crippen molar-refractivity contribution in [2.75, 3.05) is 6.61 Å². The minimum atomic E-state index is -0.565. The topological polar surface area (TPSA) is 89.0 Å². The van der Waals surface area contributed by atoms with E-state index >= 15 is 0 Å². The lowest BCUT2D eigenvalue weighted by Crippen LogP contribution is -2.47. The molecular weight excluding hydrogens is 466 g/mol. The molecule has 198 valence electrons. The number of aryl methyl sites for hydroxylation is 1. The van der Waals surface area contributed by atoms with E-state index in [2.05, 4.69) is 42.7 Å². The van der Waals surface area contributed by atoms with E-state index in [1.165, 1.54) is 11.1 Å². The van der Waals surface area contributed by atoms with Crippen LogP contribution in [0.1, 0.15) is 70.3 Å². The van der Waals surface area contributed by atoms with E-state index in [-0.39, 0.29) is 35.6 Å². The summed E-state index contributed by atoms with van der Waals surface area (Å²) in [6, 6.07) is 5.28. The smallest absolute Gasteiger partial charge is 0.407 e. The van der Waals surface area contributed by atoms with Gasteiger partial charge in [-0.3, -0.25) is 9.79 Å². The average molecular weight is 506 g/mol. The van der Waals surface area contributed by atoms with Gasteiger partial charge in [0.05, 0.1) is 17.6 Å². The number of rotatable bonds is 7. The van der Waals surface area contributed by atoms with Crippen molar-refractivity contribution in [3.8, 4) is 5.75 Å². The van der Waals surface area contributed by atoms with Crippen LogP contribution in [-0.2, 0) is 4.74 Å². The third-order valence-electron chi connectivity index (χ3n) is 7.10. The molecule has 3 atom stereocenters. The van der Waals surface area contributed by atoms with Gasteiger partial charge in [-0.15, -0.1) is 0 Å². The van der Waals surface area contributed by atoms with Gasteiger partial charge in [0.15, 0.2) is 0 Å². The largest absolute Gasteiger partial charge is 0.491 e. The number of hydrogen-bond acceptors (Lipinski definition) is 5. The highest BCUT2D eigenvalue weighted by molar-refractivity contribution is 5.97. The number of hydrogen-bond donors (Lipinski definition) is 2. The molecule has 0 radical (unpaired) electrons. The molecule has 1 aliphatic heterocycles. The first-order valence-electron chi connectivity index (χ1n) is 13.0. The second-order valence-electron chi connectivity index (χ2n) is 11.7. The Morgan fingerprint density at radius 3 is 2.62 bits per heavy atom. The van der Waals surface area contributed by atoms with Gasteiger partial charge in [0.25, 0.3) is 5.91 Å². The van der Waals surface area contributed by atoms with Crippen molar-refractivity contribution in [3.05, 3.63) is 64.8 Å². The molecule has 1 saturated carbocycles. The number of alkyl carbamates (subject to hydrolysis) is 1. The van der Waals surface area contributed by atoms with Crippen molar-refractivity contribution in [1.82, 2.24) is 10.6 Å². The molecule has 1 fully saturated rings. The highest BCUT2D eigenvalue weighted by Crippen LogP contribution is 2.54. The van der Waals surface area contributed by atoms with Gasteiger partial charge >= 0.3 is 6.09 Å². The summed E-state index contributed by atoms with van der Waals surface area (Å²) in [5.41, 5.74) is 2.66. The summed E-state index contributed by atoms with van der Waals surface area (Å²) in [5.74, 6) is 0.461. The number of fused-ring (bicyclic) bond motifs is 1. The molecule has 37 heavy (non-hydrogen) atoms. The van der Waals surface area contributed by atoms with E-state index in [0.29, 0.717) is 11.3 Å². The second-order valence-corrected chi connectivity index (χ2v) is 11.7. The van der Waals surface area contributed by atoms with E-state index in [4.69, 9.17) is 14.5 Å². The van der Waals surface area contributed by atoms with Crippen molar-refractivity contribution in [1.29, 1.82) is 0 Å². The van der Waals surface area contributed by atoms with Gasteiger partial charge in [0, 0.05) is 17.2 Å². The lowest BCUT2D eigenvalue weighted by molar-refractivity contribution is 0.0494. The zero-order valence-corrected chi connectivity index (χ0v) is 23.0. The molecule has 3 unspecified atom stereocenters. The summed E-state index contributed by atoms with van der Waals surface area (Å²) in [6.45, 7) is 13.8. The molecule has 2 N–H and O–H groups in total. The lowest BCUT2D eigenvalue weighted by Gasteiger charge is -2.42. The molecular formula is C30H39N3O4. The molecule has 1 aromatic carbocycles. The van der Waals surface area contributed by atoms with Gasteiger partial charge < -0.3 is 20.1 Å². The number of nitrogens with one attached hydrogen (secondary N) is 2. The summed E-state index contributed by atoms with van der Waals surface area (Å²) in [7, 11) is 0. The average Bonchev–Trinajstić information content (AvgIpc) is 3.57. The number of benzene rings is 1. The SMILES string of the molecule is CC1=CC2N=CC=CC2(C)C(C2(NC(=O)c3cc(OCC(C)NC(=O)OC(C)(C)C)ccc3C)CC2)=C1. The predicted molar refractivity (Wildman–Crippen MR) is 146 cm³/mol. The van der Waals surface area contributed by atoms with Crippen LogP contribution in [0.15, 0.2) is 58.6 Å². The highest BCUT2D eigenvalue weighted by atomic mass is 16.6. The monoisotopic (exact) mass is 505 g/mol. The van der Waals surface area contributed by atoms with Crippen LogP contribution in [-0.4, -0.2) is 48.0 Å². The molecule has 0 bridgehead atoms. The Hall–Kier alpha value is -3.35. The van der Waals surface area contributed by atoms with Crippen LogP contribution >= 0.6 is 0 Å². The first-order valence-corrected chi connectivity index (χ1v) is 13.0. The second kappa shape index (κ2) is 9.84. The lowest BCUT2D eigenvalue weighted by atomic mass is 9.67. The van der Waals surface area contributed by atoms with E-state index in [9.17, 15) is 9.59 Å². The fourth-order valence-electron chi connectivity index (χ4n) is 5.02. The molecule has 1 aromatic rings. The Bertz CT molecular complexity index is 1200. The van der Waals surface area contributed by atoms with Crippen LogP contribution in [0.25, 0.3) is 0 Å². The van der Waals surface area contributed by atoms with E-state index in [0.717, 1.165) is 18.4 Å². The number of allylic oxidation sites excluding steroid dienone is 3. The Labute approximate surface area is 220 Å². The quantitative estimate of drug-likeness (QED) is 0.516. The minimum Gasteiger partial charge on any atom is -0.491 e. The van der Waals surface area contributed by atoms with Crippen LogP contribution in [0, 0.1) is 12.3 Å². The zero-order chi connectivity index (χ0) is 27.0. The van der Waals surface area contributed by atoms with Crippen LogP contribution in [0.2, 0.25) is 0 Å². The van der Waals surface area contributed by atoms with Gasteiger partial charge in [0.1, 0.15) is 18.0 Å². The van der Waals surface area contributed by atoms with Crippen LogP contribution in [0.5, 0.6) is 5.75 Å². The number of dihydropyridines is 1. The predicted octanol–water partition coefficient (Wildman–Crippen LogP) is 5.45. The number of aliphatic imine (C=N–C) groups is 1. The number of ether oxygens (including phenoxy) is 2. The third kappa shape index (κ3) is 5.97. The Morgan fingerprint density at radius 1 is 1.22 bits per heavy atom. The molecule has 3 aliphatic rings. The van der Waals surface area contributed by atoms with E-state index in [1.807, 2.05) is 59.0 Å². The molecule has 1 heterocycles. The summed E-state index contributed by atoms with van der Waals surface area (Å²) < 4.78 is 11.2. The van der Waals surface area contributed by atoms with E-state index in [1.54, 1.807) is 6.07 Å². The van der Waals surface area contributed by atoms with Crippen molar-refractivity contribution in [2.24, 2.45) is 10.4 Å². The molecule has 4 rings (SSSR count). The van der Waals surface area contributed by atoms with Crippen molar-refractivity contribution in [3.63, 3.8) is 0 Å². The Morgan fingerprint density at radius 2 is 1.95 bits per heavy atom. The molecule has 0 saturated heterocycles. The fourth-order valence-corrected chi connectivity index (χ4v) is 5.02. The summed E-state index contributed by atoms with van der Waals surface area (Å²) in [4.78, 5) is 30.3. The third-order valence-corrected chi connectivity index (χ3v) is 7.10. The number of carbonyl (C=O) groups is 2. The number of amides is 2. The standard InChI is InChI=1S/C30H39N3O4/c1-19-15-24(29(7)11-8-14-31-25(29)16-19)30(12-13-30)33-26(34)23-17-22(10-9-20(23)2)36-18-21(3)32-27(35)37-28(4,5)6/h8-11,14-17,21,25H,12-13,18H2,1-7H3,(H,32,35)(H,33,34). The van der Waals surface area contributed by atoms with Gasteiger partial charge in [-0.1, -0.05) is 29.9 Å². The van der Waals surface area contributed by atoms with Crippen molar-refractivity contribution in [2.45, 2.75) is 84.5 Å². The van der Waals surface area contributed by atoms with Gasteiger partial charge in [-0.25, -0.2) is 4.79 Å². The maximum atomic E-state index is 13.5. The molecule has 0 aromatic heterocycles. The number of carbonyl (C=O) groups excluding carboxylic acids is 2. The van der Waals surface area contributed by atoms with Crippen LogP contribution < -0.4 is 15.4 Å². The zero-order valence-electron chi connectivity index (χ0n) is 23.0. The molecule has 7 nitrogen and oxygen atoms in total. The van der Waals surface area contributed by atoms with Gasteiger partial charge in [-0.05, 0) is 90.7 Å². The van der Waals surface area contributed by atoms with Crippen molar-refractivity contribution >= 4 is 18.2 Å². The van der Waals surface area contributed by atoms with Crippen molar-refractivity contribution < 1.29 is 19.1 Å². The van der Waals surface area contributed by atoms with Gasteiger partial charge in [-0.2, -0.15) is 0 Å². The van der Waals surface area contributed by atoms with Crippen LogP contribution in [0.3, 0.4) is 0 Å². The Balaban J connectivity index is 1.44. The maximum Gasteiger partial charge on any atom is 0.407 e. The number of nitrogens with zero attached hydrogens (tertiary/aromatic N) is 1. The summed E-state index contributed by atoms with van der Waals surface area (Å²) >= 11 is 0. The normalized spacial score (nSPS) is 24.2. The highest BCUT2D eigenvalue weighted by Gasteiger charge is 2.55. The Kier molecular flexibility index (Phi) is 7.10. The molecule has 2 aliphatic carbocycles. The van der Waals surface area contributed by atoms with Crippen LogP contribution in [0.4, 0.5) is 4.79 Å². The molecule has 0 spiro atoms. The summed E-state index contributed by atoms with van der Waals surface area (Å²) in [6.07, 6.45) is 11.8. The minimum absolute atomic E-state index is 0.0432. The first kappa shape index (κ1) is 26.7. The summed E-state index contributed by atoms with van der Waals surface area (Å²) in [5, 5.41) is 6.13. The molecule has 2 amide bonds. The fraction of sp³-hybridized carbons (Fsp3) is 0.500. The molecule has 7 heteroatoms. The van der Waals surface area contributed by atoms with E-state index < -0.39 is 11.7 Å². The maximum absolute atomic E-state index is 13.5. The van der Waals surface area contributed by atoms with Gasteiger partial charge in [0.2, 0.25) is 0 Å².